The highest BCUT2D eigenvalue weighted by Crippen LogP contribution is 2.36. The molecular weight excluding hydrogens is 358 g/mol. The van der Waals surface area contributed by atoms with Gasteiger partial charge in [-0.2, -0.15) is 0 Å². The topological polar surface area (TPSA) is 114 Å². The van der Waals surface area contributed by atoms with Gasteiger partial charge in [-0.3, -0.25) is 4.79 Å². The fraction of sp³-hybridized carbons (Fsp3) is 0.300. The van der Waals surface area contributed by atoms with Crippen molar-refractivity contribution in [2.24, 2.45) is 0 Å². The van der Waals surface area contributed by atoms with Crippen LogP contribution in [0.3, 0.4) is 0 Å². The van der Waals surface area contributed by atoms with Gasteiger partial charge in [-0.1, -0.05) is 6.07 Å². The first kappa shape index (κ1) is 18.1. The van der Waals surface area contributed by atoms with Crippen LogP contribution in [0.4, 0.5) is 5.82 Å². The Kier molecular flexibility index (Phi) is 4.56. The largest absolute Gasteiger partial charge is 0.508 e. The van der Waals surface area contributed by atoms with Gasteiger partial charge in [-0.05, 0) is 31.5 Å². The summed E-state index contributed by atoms with van der Waals surface area (Å²) in [6.45, 7) is 5.77. The molecule has 0 bridgehead atoms. The molecule has 0 atom stereocenters. The predicted octanol–water partition coefficient (Wildman–Crippen LogP) is 2.07. The maximum Gasteiger partial charge on any atom is 0.272 e. The average molecular weight is 379 g/mol. The van der Waals surface area contributed by atoms with E-state index in [9.17, 15) is 9.90 Å². The number of aromatic hydroxyl groups is 1. The fourth-order valence-electron chi connectivity index (χ4n) is 3.50. The molecule has 4 rings (SSSR count). The number of anilines is 1. The number of aromatic nitrogens is 3. The number of carbonyl (C=O) groups is 1. The molecule has 1 aromatic carbocycles. The van der Waals surface area contributed by atoms with Gasteiger partial charge in [0.1, 0.15) is 29.1 Å². The standard InChI is InChI=1S/C20H21N5O3/c1-11-3-4-15(26)12(2)16(11)18-17-13(19(21)23-10-22-17)9-14(24-18)20(27)25-5-7-28-8-6-25/h3-4,9-10,26H,5-8H2,1-2H3,(H2,21,22,23). The molecule has 3 heterocycles. The summed E-state index contributed by atoms with van der Waals surface area (Å²) in [5.74, 6) is 0.243. The van der Waals surface area contributed by atoms with Crippen LogP contribution in [-0.4, -0.2) is 57.2 Å². The molecule has 0 radical (unpaired) electrons. The van der Waals surface area contributed by atoms with E-state index in [1.807, 2.05) is 19.9 Å². The summed E-state index contributed by atoms with van der Waals surface area (Å²) >= 11 is 0. The van der Waals surface area contributed by atoms with Crippen LogP contribution in [0, 0.1) is 13.8 Å². The van der Waals surface area contributed by atoms with E-state index in [0.717, 1.165) is 11.1 Å². The summed E-state index contributed by atoms with van der Waals surface area (Å²) < 4.78 is 5.33. The third-order valence-electron chi connectivity index (χ3n) is 5.05. The summed E-state index contributed by atoms with van der Waals surface area (Å²) in [6.07, 6.45) is 1.37. The second-order valence-corrected chi connectivity index (χ2v) is 6.82. The van der Waals surface area contributed by atoms with E-state index in [4.69, 9.17) is 10.5 Å². The third-order valence-corrected chi connectivity index (χ3v) is 5.05. The van der Waals surface area contributed by atoms with Crippen molar-refractivity contribution in [3.8, 4) is 17.0 Å². The lowest BCUT2D eigenvalue weighted by molar-refractivity contribution is 0.0299. The van der Waals surface area contributed by atoms with Crippen molar-refractivity contribution < 1.29 is 14.6 Å². The quantitative estimate of drug-likeness (QED) is 0.700. The third kappa shape index (κ3) is 3.01. The Morgan fingerprint density at radius 3 is 2.71 bits per heavy atom. The zero-order chi connectivity index (χ0) is 19.8. The van der Waals surface area contributed by atoms with Crippen LogP contribution >= 0.6 is 0 Å². The van der Waals surface area contributed by atoms with E-state index in [2.05, 4.69) is 15.0 Å². The molecule has 28 heavy (non-hydrogen) atoms. The molecule has 8 heteroatoms. The van der Waals surface area contributed by atoms with Gasteiger partial charge in [0, 0.05) is 29.6 Å². The van der Waals surface area contributed by atoms with E-state index in [1.54, 1.807) is 17.0 Å². The second kappa shape index (κ2) is 7.05. The zero-order valence-electron chi connectivity index (χ0n) is 15.8. The molecule has 0 aliphatic carbocycles. The van der Waals surface area contributed by atoms with Crippen LogP contribution in [-0.2, 0) is 4.74 Å². The number of amides is 1. The summed E-state index contributed by atoms with van der Waals surface area (Å²) in [7, 11) is 0. The number of nitrogens with zero attached hydrogens (tertiary/aromatic N) is 4. The molecule has 1 aliphatic rings. The number of carbonyl (C=O) groups excluding carboxylic acids is 1. The van der Waals surface area contributed by atoms with E-state index in [-0.39, 0.29) is 23.2 Å². The smallest absolute Gasteiger partial charge is 0.272 e. The monoisotopic (exact) mass is 379 g/mol. The number of phenolic OH excluding ortho intramolecular Hbond substituents is 1. The normalized spacial score (nSPS) is 14.4. The van der Waals surface area contributed by atoms with Gasteiger partial charge < -0.3 is 20.5 Å². The van der Waals surface area contributed by atoms with Gasteiger partial charge in [-0.25, -0.2) is 15.0 Å². The number of nitrogen functional groups attached to an aromatic ring is 1. The number of benzene rings is 1. The summed E-state index contributed by atoms with van der Waals surface area (Å²) in [5, 5.41) is 10.8. The first-order valence-electron chi connectivity index (χ1n) is 9.05. The molecule has 1 aliphatic heterocycles. The number of aryl methyl sites for hydroxylation is 1. The number of hydrogen-bond donors (Lipinski definition) is 2. The highest BCUT2D eigenvalue weighted by atomic mass is 16.5. The Bertz CT molecular complexity index is 1080. The lowest BCUT2D eigenvalue weighted by Crippen LogP contribution is -2.41. The minimum Gasteiger partial charge on any atom is -0.508 e. The van der Waals surface area contributed by atoms with Crippen LogP contribution < -0.4 is 5.73 Å². The highest BCUT2D eigenvalue weighted by Gasteiger charge is 2.24. The van der Waals surface area contributed by atoms with Crippen molar-refractivity contribution in [3.63, 3.8) is 0 Å². The number of morpholine rings is 1. The lowest BCUT2D eigenvalue weighted by atomic mass is 9.96. The average Bonchev–Trinajstić information content (AvgIpc) is 2.71. The number of hydrogen-bond acceptors (Lipinski definition) is 7. The summed E-state index contributed by atoms with van der Waals surface area (Å²) in [6, 6.07) is 5.09. The van der Waals surface area contributed by atoms with E-state index >= 15 is 0 Å². The van der Waals surface area contributed by atoms with Gasteiger partial charge in [0.05, 0.1) is 18.9 Å². The molecule has 1 fully saturated rings. The molecule has 8 nitrogen and oxygen atoms in total. The maximum atomic E-state index is 13.1. The number of nitrogens with two attached hydrogens (primary N) is 1. The molecule has 0 saturated carbocycles. The number of fused-ring (bicyclic) bond motifs is 1. The fourth-order valence-corrected chi connectivity index (χ4v) is 3.50. The highest BCUT2D eigenvalue weighted by molar-refractivity contribution is 6.03. The first-order chi connectivity index (χ1) is 13.5. The molecule has 2 aromatic heterocycles. The molecular formula is C20H21N5O3. The van der Waals surface area contributed by atoms with Gasteiger partial charge in [0.25, 0.3) is 5.91 Å². The molecule has 1 amide bonds. The van der Waals surface area contributed by atoms with Crippen molar-refractivity contribution >= 4 is 22.6 Å². The number of rotatable bonds is 2. The SMILES string of the molecule is Cc1ccc(O)c(C)c1-c1nc(C(=O)N2CCOCC2)cc2c(N)ncnc12. The van der Waals surface area contributed by atoms with Crippen LogP contribution in [0.25, 0.3) is 22.2 Å². The molecule has 0 unspecified atom stereocenters. The number of ether oxygens (including phenoxy) is 1. The van der Waals surface area contributed by atoms with Crippen molar-refractivity contribution in [1.82, 2.24) is 19.9 Å². The Morgan fingerprint density at radius 1 is 1.21 bits per heavy atom. The number of phenols is 1. The summed E-state index contributed by atoms with van der Waals surface area (Å²) in [4.78, 5) is 27.9. The summed E-state index contributed by atoms with van der Waals surface area (Å²) in [5.41, 5.74) is 9.73. The van der Waals surface area contributed by atoms with Gasteiger partial charge in [-0.15, -0.1) is 0 Å². The molecule has 3 aromatic rings. The lowest BCUT2D eigenvalue weighted by Gasteiger charge is -2.26. The van der Waals surface area contributed by atoms with Gasteiger partial charge in [0.15, 0.2) is 0 Å². The number of pyridine rings is 1. The molecule has 144 valence electrons. The van der Waals surface area contributed by atoms with E-state index in [0.29, 0.717) is 48.5 Å². The minimum atomic E-state index is -0.190. The van der Waals surface area contributed by atoms with Crippen LogP contribution in [0.1, 0.15) is 21.6 Å². The van der Waals surface area contributed by atoms with E-state index in [1.165, 1.54) is 6.33 Å². The van der Waals surface area contributed by atoms with Crippen LogP contribution in [0.5, 0.6) is 5.75 Å². The Labute approximate surface area is 162 Å². The maximum absolute atomic E-state index is 13.1. The van der Waals surface area contributed by atoms with Crippen LogP contribution in [0.2, 0.25) is 0 Å². The molecule has 1 saturated heterocycles. The van der Waals surface area contributed by atoms with Crippen molar-refractivity contribution in [2.45, 2.75) is 13.8 Å². The Morgan fingerprint density at radius 2 is 1.96 bits per heavy atom. The van der Waals surface area contributed by atoms with Crippen molar-refractivity contribution in [3.05, 3.63) is 41.3 Å². The van der Waals surface area contributed by atoms with E-state index < -0.39 is 0 Å². The van der Waals surface area contributed by atoms with Crippen molar-refractivity contribution in [2.75, 3.05) is 32.0 Å². The predicted molar refractivity (Wildman–Crippen MR) is 105 cm³/mol. The Hall–Kier alpha value is -3.26. The molecule has 3 N–H and O–H groups in total. The molecule has 0 spiro atoms. The van der Waals surface area contributed by atoms with Gasteiger partial charge in [0.2, 0.25) is 0 Å². The van der Waals surface area contributed by atoms with Gasteiger partial charge >= 0.3 is 0 Å². The Balaban J connectivity index is 1.97. The van der Waals surface area contributed by atoms with Crippen LogP contribution in [0.15, 0.2) is 24.5 Å². The van der Waals surface area contributed by atoms with Crippen molar-refractivity contribution in [1.29, 1.82) is 0 Å². The minimum absolute atomic E-state index is 0.155. The second-order valence-electron chi connectivity index (χ2n) is 6.82. The zero-order valence-corrected chi connectivity index (χ0v) is 15.8. The first-order valence-corrected chi connectivity index (χ1v) is 9.05.